The Balaban J connectivity index is 2.75. The fourth-order valence-corrected chi connectivity index (χ4v) is 2.07. The number of carbonyl (C=O) groups is 1. The van der Waals surface area contributed by atoms with Gasteiger partial charge in [0, 0.05) is 15.9 Å². The topological polar surface area (TPSA) is 37.3 Å². The third-order valence-electron chi connectivity index (χ3n) is 2.56. The second-order valence-electron chi connectivity index (χ2n) is 3.88. The van der Waals surface area contributed by atoms with Gasteiger partial charge in [-0.05, 0) is 40.3 Å². The summed E-state index contributed by atoms with van der Waals surface area (Å²) < 4.78 is 13.9. The number of aliphatic hydroxyl groups excluding tert-OH is 1. The van der Waals surface area contributed by atoms with Crippen LogP contribution in [0.25, 0.3) is 0 Å². The number of alkyl halides is 3. The molecule has 1 aromatic carbocycles. The van der Waals surface area contributed by atoms with E-state index in [9.17, 15) is 14.3 Å². The lowest BCUT2D eigenvalue weighted by Gasteiger charge is -2.20. The Morgan fingerprint density at radius 1 is 1.33 bits per heavy atom. The predicted octanol–water partition coefficient (Wildman–Crippen LogP) is 3.67. The van der Waals surface area contributed by atoms with Crippen LogP contribution < -0.4 is 0 Å². The van der Waals surface area contributed by atoms with Crippen molar-refractivity contribution in [3.63, 3.8) is 0 Å². The lowest BCUT2D eigenvalue weighted by atomic mass is 9.92. The minimum atomic E-state index is -1.18. The monoisotopic (exact) mass is 404 g/mol. The Morgan fingerprint density at radius 2 is 1.89 bits per heavy atom. The zero-order valence-electron chi connectivity index (χ0n) is 9.32. The molecule has 0 bridgehead atoms. The number of rotatable bonds is 6. The minimum absolute atomic E-state index is 0.179. The average molecular weight is 405 g/mol. The molecule has 0 amide bonds. The van der Waals surface area contributed by atoms with Gasteiger partial charge in [0.1, 0.15) is 0 Å². The van der Waals surface area contributed by atoms with Crippen molar-refractivity contribution < 1.29 is 14.3 Å². The normalized spacial score (nSPS) is 14.6. The van der Waals surface area contributed by atoms with Crippen molar-refractivity contribution in [1.29, 1.82) is 0 Å². The van der Waals surface area contributed by atoms with Crippen LogP contribution in [-0.2, 0) is 4.79 Å². The van der Waals surface area contributed by atoms with Crippen molar-refractivity contribution in [1.82, 2.24) is 0 Å². The molecule has 0 saturated heterocycles. The molecule has 100 valence electrons. The molecule has 0 aromatic heterocycles. The van der Waals surface area contributed by atoms with Gasteiger partial charge in [0.25, 0.3) is 0 Å². The molecular formula is C12H12Cl2FIO2. The molecule has 1 aromatic rings. The number of benzene rings is 1. The van der Waals surface area contributed by atoms with Crippen molar-refractivity contribution in [2.24, 2.45) is 5.92 Å². The van der Waals surface area contributed by atoms with Crippen molar-refractivity contribution in [3.05, 3.63) is 33.4 Å². The van der Waals surface area contributed by atoms with Gasteiger partial charge < -0.3 is 5.11 Å². The molecule has 0 saturated carbocycles. The summed E-state index contributed by atoms with van der Waals surface area (Å²) in [6.07, 6.45) is -1.22. The number of ketones is 1. The summed E-state index contributed by atoms with van der Waals surface area (Å²) >= 11 is 13.0. The average Bonchev–Trinajstić information content (AvgIpc) is 2.35. The molecule has 1 rings (SSSR count). The maximum atomic E-state index is 12.9. The first-order valence-electron chi connectivity index (χ1n) is 5.26. The summed E-state index contributed by atoms with van der Waals surface area (Å²) in [6.45, 7) is -0.806. The number of Topliss-reactive ketones (excluding diaryl/α,β-unsaturated/α-hetero) is 1. The summed E-state index contributed by atoms with van der Waals surface area (Å²) in [7, 11) is 0. The summed E-state index contributed by atoms with van der Waals surface area (Å²) in [5.74, 6) is -1.30. The van der Waals surface area contributed by atoms with Crippen molar-refractivity contribution >= 4 is 51.6 Å². The van der Waals surface area contributed by atoms with Gasteiger partial charge in [-0.15, -0.1) is 0 Å². The molecule has 0 spiro atoms. The zero-order chi connectivity index (χ0) is 13.7. The molecule has 0 fully saturated rings. The Hall–Kier alpha value is 0.0900. The van der Waals surface area contributed by atoms with E-state index in [2.05, 4.69) is 22.6 Å². The van der Waals surface area contributed by atoms with Crippen LogP contribution >= 0.6 is 45.8 Å². The molecule has 0 heterocycles. The van der Waals surface area contributed by atoms with E-state index < -0.39 is 29.3 Å². The number of hydrogen-bond acceptors (Lipinski definition) is 2. The molecular weight excluding hydrogens is 393 g/mol. The molecule has 0 aliphatic carbocycles. The standard InChI is InChI=1S/C12H12Cl2FIO2/c13-12(14)10(17)5-8(6-15)11(18)7-1-3-9(16)4-2-7/h1-4,8,11-12,18H,5-6H2/t8-,11-/m1/s1. The van der Waals surface area contributed by atoms with Crippen LogP contribution in [0.5, 0.6) is 0 Å². The quantitative estimate of drug-likeness (QED) is 0.580. The van der Waals surface area contributed by atoms with Gasteiger partial charge in [-0.25, -0.2) is 0 Å². The molecule has 0 radical (unpaired) electrons. The SMILES string of the molecule is O=C(C[C@H](CF)[C@H](O)c1ccc(I)cc1)C(Cl)Cl. The fourth-order valence-electron chi connectivity index (χ4n) is 1.53. The van der Waals surface area contributed by atoms with Crippen molar-refractivity contribution in [2.45, 2.75) is 17.4 Å². The number of aliphatic hydroxyl groups is 1. The van der Waals surface area contributed by atoms with Gasteiger partial charge in [-0.2, -0.15) is 0 Å². The highest BCUT2D eigenvalue weighted by Crippen LogP contribution is 2.27. The summed E-state index contributed by atoms with van der Waals surface area (Å²) in [6, 6.07) is 7.03. The Labute approximate surface area is 129 Å². The third-order valence-corrected chi connectivity index (χ3v) is 3.77. The lowest BCUT2D eigenvalue weighted by Crippen LogP contribution is -2.21. The Morgan fingerprint density at radius 3 is 2.33 bits per heavy atom. The van der Waals surface area contributed by atoms with Gasteiger partial charge >= 0.3 is 0 Å². The van der Waals surface area contributed by atoms with E-state index in [1.165, 1.54) is 0 Å². The van der Waals surface area contributed by atoms with E-state index in [1.807, 2.05) is 12.1 Å². The smallest absolute Gasteiger partial charge is 0.166 e. The van der Waals surface area contributed by atoms with Crippen LogP contribution in [0.15, 0.2) is 24.3 Å². The van der Waals surface area contributed by atoms with E-state index in [0.717, 1.165) is 3.57 Å². The van der Waals surface area contributed by atoms with Gasteiger partial charge in [0.15, 0.2) is 10.6 Å². The number of carbonyl (C=O) groups excluding carboxylic acids is 1. The van der Waals surface area contributed by atoms with Gasteiger partial charge in [-0.3, -0.25) is 9.18 Å². The van der Waals surface area contributed by atoms with Gasteiger partial charge in [0.05, 0.1) is 12.8 Å². The van der Waals surface area contributed by atoms with Crippen LogP contribution in [0.3, 0.4) is 0 Å². The summed E-state index contributed by atoms with van der Waals surface area (Å²) in [5, 5.41) is 10.0. The highest BCUT2D eigenvalue weighted by Gasteiger charge is 2.26. The predicted molar refractivity (Wildman–Crippen MR) is 78.7 cm³/mol. The van der Waals surface area contributed by atoms with E-state index >= 15 is 0 Å². The number of hydrogen-bond donors (Lipinski definition) is 1. The molecule has 6 heteroatoms. The first-order valence-corrected chi connectivity index (χ1v) is 7.21. The fraction of sp³-hybridized carbons (Fsp3) is 0.417. The zero-order valence-corrected chi connectivity index (χ0v) is 13.0. The summed E-state index contributed by atoms with van der Waals surface area (Å²) in [4.78, 5) is 10.2. The second kappa shape index (κ2) is 7.62. The van der Waals surface area contributed by atoms with E-state index in [0.29, 0.717) is 5.56 Å². The highest BCUT2D eigenvalue weighted by molar-refractivity contribution is 14.1. The molecule has 0 unspecified atom stereocenters. The first-order chi connectivity index (χ1) is 8.45. The lowest BCUT2D eigenvalue weighted by molar-refractivity contribution is -0.119. The van der Waals surface area contributed by atoms with Gasteiger partial charge in [0.2, 0.25) is 0 Å². The van der Waals surface area contributed by atoms with Crippen LogP contribution in [0.2, 0.25) is 0 Å². The second-order valence-corrected chi connectivity index (χ2v) is 6.22. The van der Waals surface area contributed by atoms with Crippen molar-refractivity contribution in [3.8, 4) is 0 Å². The van der Waals surface area contributed by atoms with Crippen LogP contribution in [0.4, 0.5) is 4.39 Å². The van der Waals surface area contributed by atoms with Crippen LogP contribution in [0.1, 0.15) is 18.1 Å². The maximum Gasteiger partial charge on any atom is 0.166 e. The molecule has 0 aliphatic heterocycles. The highest BCUT2D eigenvalue weighted by atomic mass is 127. The third kappa shape index (κ3) is 4.64. The molecule has 0 aliphatic rings. The minimum Gasteiger partial charge on any atom is -0.388 e. The summed E-state index contributed by atoms with van der Waals surface area (Å²) in [5.41, 5.74) is 0.576. The molecule has 2 atom stereocenters. The van der Waals surface area contributed by atoms with Crippen LogP contribution in [-0.4, -0.2) is 22.4 Å². The number of halogens is 4. The van der Waals surface area contributed by atoms with E-state index in [4.69, 9.17) is 23.2 Å². The van der Waals surface area contributed by atoms with Crippen LogP contribution in [0, 0.1) is 9.49 Å². The largest absolute Gasteiger partial charge is 0.388 e. The van der Waals surface area contributed by atoms with E-state index in [-0.39, 0.29) is 6.42 Å². The molecule has 2 nitrogen and oxygen atoms in total. The van der Waals surface area contributed by atoms with Crippen molar-refractivity contribution in [2.75, 3.05) is 6.67 Å². The maximum absolute atomic E-state index is 12.9. The first kappa shape index (κ1) is 16.1. The Kier molecular flexibility index (Phi) is 6.84. The van der Waals surface area contributed by atoms with E-state index in [1.54, 1.807) is 12.1 Å². The Bertz CT molecular complexity index is 398. The molecule has 1 N–H and O–H groups in total. The molecule has 18 heavy (non-hydrogen) atoms. The van der Waals surface area contributed by atoms with Gasteiger partial charge in [-0.1, -0.05) is 35.3 Å².